The molecular weight excluding hydrogens is 384 g/mol. The standard InChI is InChI=1S/C22H16N4O4/c27-21-13-16-5-2-1-4-15(16)12-20(21)22(28)24-23-14-19-6-3-11-25(19)17-7-9-18(10-8-17)26(29)30/h1-14,27H,(H,24,28). The monoisotopic (exact) mass is 400 g/mol. The molecule has 1 aromatic heterocycles. The van der Waals surface area contributed by atoms with Crippen LogP contribution >= 0.6 is 0 Å². The third-order valence-corrected chi connectivity index (χ3v) is 4.59. The zero-order valence-corrected chi connectivity index (χ0v) is 15.6. The van der Waals surface area contributed by atoms with Crippen molar-refractivity contribution in [1.82, 2.24) is 9.99 Å². The third kappa shape index (κ3) is 3.74. The predicted octanol–water partition coefficient (Wildman–Crippen LogP) is 4.01. The highest BCUT2D eigenvalue weighted by atomic mass is 16.6. The number of rotatable bonds is 5. The van der Waals surface area contributed by atoms with E-state index in [4.69, 9.17) is 0 Å². The number of aromatic hydroxyl groups is 1. The maximum atomic E-state index is 12.4. The van der Waals surface area contributed by atoms with Crippen LogP contribution in [0.2, 0.25) is 0 Å². The number of nitrogens with zero attached hydrogens (tertiary/aromatic N) is 3. The molecule has 8 heteroatoms. The highest BCUT2D eigenvalue weighted by molar-refractivity contribution is 6.01. The lowest BCUT2D eigenvalue weighted by Crippen LogP contribution is -2.18. The number of nitro benzene ring substituents is 1. The number of nitrogens with one attached hydrogen (secondary N) is 1. The topological polar surface area (TPSA) is 110 Å². The van der Waals surface area contributed by atoms with Crippen LogP contribution < -0.4 is 5.43 Å². The Bertz CT molecular complexity index is 1280. The van der Waals surface area contributed by atoms with E-state index in [2.05, 4.69) is 10.5 Å². The molecule has 0 unspecified atom stereocenters. The van der Waals surface area contributed by atoms with E-state index in [9.17, 15) is 20.0 Å². The summed E-state index contributed by atoms with van der Waals surface area (Å²) < 4.78 is 1.77. The Hall–Kier alpha value is -4.46. The van der Waals surface area contributed by atoms with E-state index in [0.29, 0.717) is 11.4 Å². The molecule has 148 valence electrons. The molecule has 1 amide bonds. The molecule has 8 nitrogen and oxygen atoms in total. The summed E-state index contributed by atoms with van der Waals surface area (Å²) in [5.74, 6) is -0.668. The zero-order chi connectivity index (χ0) is 21.1. The Morgan fingerprint density at radius 1 is 1.03 bits per heavy atom. The molecule has 0 saturated heterocycles. The summed E-state index contributed by atoms with van der Waals surface area (Å²) in [4.78, 5) is 22.8. The molecule has 0 aliphatic rings. The van der Waals surface area contributed by atoms with Crippen molar-refractivity contribution in [3.05, 3.63) is 100 Å². The van der Waals surface area contributed by atoms with Gasteiger partial charge in [0.1, 0.15) is 5.75 Å². The fraction of sp³-hybridized carbons (Fsp3) is 0. The number of carbonyl (C=O) groups is 1. The van der Waals surface area contributed by atoms with Gasteiger partial charge in [0.25, 0.3) is 11.6 Å². The zero-order valence-electron chi connectivity index (χ0n) is 15.6. The highest BCUT2D eigenvalue weighted by Crippen LogP contribution is 2.25. The number of hydrazone groups is 1. The molecule has 2 N–H and O–H groups in total. The molecule has 3 aromatic carbocycles. The number of hydrogen-bond acceptors (Lipinski definition) is 5. The summed E-state index contributed by atoms with van der Waals surface area (Å²) in [7, 11) is 0. The van der Waals surface area contributed by atoms with Gasteiger partial charge < -0.3 is 9.67 Å². The van der Waals surface area contributed by atoms with Gasteiger partial charge in [-0.1, -0.05) is 24.3 Å². The summed E-state index contributed by atoms with van der Waals surface area (Å²) in [6, 6.07) is 20.2. The third-order valence-electron chi connectivity index (χ3n) is 4.59. The van der Waals surface area contributed by atoms with Gasteiger partial charge in [-0.3, -0.25) is 14.9 Å². The van der Waals surface area contributed by atoms with Crippen LogP contribution in [0.25, 0.3) is 16.5 Å². The van der Waals surface area contributed by atoms with Crippen LogP contribution in [-0.2, 0) is 0 Å². The van der Waals surface area contributed by atoms with Crippen molar-refractivity contribution in [3.8, 4) is 11.4 Å². The molecular formula is C22H16N4O4. The average molecular weight is 400 g/mol. The molecule has 0 aliphatic heterocycles. The number of aromatic nitrogens is 1. The van der Waals surface area contributed by atoms with Gasteiger partial charge in [0, 0.05) is 24.0 Å². The quantitative estimate of drug-likeness (QED) is 0.300. The van der Waals surface area contributed by atoms with Gasteiger partial charge in [0.2, 0.25) is 0 Å². The number of phenols is 1. The SMILES string of the molecule is O=C(NN=Cc1cccn1-c1ccc([N+](=O)[O-])cc1)c1cc2ccccc2cc1O. The second-order valence-electron chi connectivity index (χ2n) is 6.49. The molecule has 0 atom stereocenters. The van der Waals surface area contributed by atoms with E-state index in [-0.39, 0.29) is 17.0 Å². The lowest BCUT2D eigenvalue weighted by atomic mass is 10.1. The van der Waals surface area contributed by atoms with Gasteiger partial charge in [0.15, 0.2) is 0 Å². The van der Waals surface area contributed by atoms with Crippen molar-refractivity contribution in [2.24, 2.45) is 5.10 Å². The van der Waals surface area contributed by atoms with Gasteiger partial charge in [-0.15, -0.1) is 0 Å². The lowest BCUT2D eigenvalue weighted by molar-refractivity contribution is -0.384. The number of nitro groups is 1. The minimum atomic E-state index is -0.539. The van der Waals surface area contributed by atoms with Crippen molar-refractivity contribution < 1.29 is 14.8 Å². The molecule has 4 rings (SSSR count). The van der Waals surface area contributed by atoms with Gasteiger partial charge in [0.05, 0.1) is 22.4 Å². The van der Waals surface area contributed by atoms with Crippen LogP contribution in [0.4, 0.5) is 5.69 Å². The van der Waals surface area contributed by atoms with Crippen molar-refractivity contribution >= 4 is 28.6 Å². The molecule has 0 bridgehead atoms. The van der Waals surface area contributed by atoms with Gasteiger partial charge >= 0.3 is 0 Å². The van der Waals surface area contributed by atoms with Crippen molar-refractivity contribution in [2.75, 3.05) is 0 Å². The van der Waals surface area contributed by atoms with Crippen LogP contribution in [0.3, 0.4) is 0 Å². The Labute approximate surface area is 170 Å². The van der Waals surface area contributed by atoms with Crippen molar-refractivity contribution in [3.63, 3.8) is 0 Å². The fourth-order valence-electron chi connectivity index (χ4n) is 3.10. The van der Waals surface area contributed by atoms with Crippen LogP contribution in [0.15, 0.2) is 84.1 Å². The molecule has 30 heavy (non-hydrogen) atoms. The highest BCUT2D eigenvalue weighted by Gasteiger charge is 2.12. The fourth-order valence-corrected chi connectivity index (χ4v) is 3.10. The van der Waals surface area contributed by atoms with E-state index in [1.54, 1.807) is 41.1 Å². The van der Waals surface area contributed by atoms with E-state index in [1.165, 1.54) is 24.4 Å². The van der Waals surface area contributed by atoms with Crippen molar-refractivity contribution in [1.29, 1.82) is 0 Å². The smallest absolute Gasteiger partial charge is 0.275 e. The van der Waals surface area contributed by atoms with Crippen LogP contribution in [0.1, 0.15) is 16.1 Å². The number of benzene rings is 3. The first-order chi connectivity index (χ1) is 14.5. The van der Waals surface area contributed by atoms with E-state index < -0.39 is 10.8 Å². The largest absolute Gasteiger partial charge is 0.507 e. The number of hydrogen-bond donors (Lipinski definition) is 2. The number of phenolic OH excluding ortho intramolecular Hbond substituents is 1. The Morgan fingerprint density at radius 2 is 1.73 bits per heavy atom. The number of non-ortho nitro benzene ring substituents is 1. The van der Waals surface area contributed by atoms with E-state index in [0.717, 1.165) is 10.8 Å². The normalized spacial score (nSPS) is 11.1. The molecule has 0 saturated carbocycles. The summed E-state index contributed by atoms with van der Waals surface area (Å²) >= 11 is 0. The molecule has 0 radical (unpaired) electrons. The number of amides is 1. The summed E-state index contributed by atoms with van der Waals surface area (Å²) in [5.41, 5.74) is 3.91. The second-order valence-corrected chi connectivity index (χ2v) is 6.49. The number of carbonyl (C=O) groups excluding carboxylic acids is 1. The van der Waals surface area contributed by atoms with Gasteiger partial charge in [-0.25, -0.2) is 5.43 Å². The van der Waals surface area contributed by atoms with Crippen LogP contribution in [-0.4, -0.2) is 26.7 Å². The van der Waals surface area contributed by atoms with Gasteiger partial charge in [-0.05, 0) is 47.2 Å². The summed E-state index contributed by atoms with van der Waals surface area (Å²) in [6.07, 6.45) is 3.23. The molecule has 0 fully saturated rings. The predicted molar refractivity (Wildman–Crippen MR) is 113 cm³/mol. The summed E-state index contributed by atoms with van der Waals surface area (Å²) in [5, 5.41) is 26.6. The second kappa shape index (κ2) is 7.88. The first kappa shape index (κ1) is 18.9. The van der Waals surface area contributed by atoms with Crippen LogP contribution in [0, 0.1) is 10.1 Å². The first-order valence-electron chi connectivity index (χ1n) is 9.00. The maximum Gasteiger partial charge on any atom is 0.275 e. The minimum Gasteiger partial charge on any atom is -0.507 e. The van der Waals surface area contributed by atoms with Crippen LogP contribution in [0.5, 0.6) is 5.75 Å². The molecule has 1 heterocycles. The first-order valence-corrected chi connectivity index (χ1v) is 9.00. The minimum absolute atomic E-state index is 0.00331. The molecule has 4 aromatic rings. The Kier molecular flexibility index (Phi) is 4.96. The maximum absolute atomic E-state index is 12.4. The van der Waals surface area contributed by atoms with Gasteiger partial charge in [-0.2, -0.15) is 5.10 Å². The Balaban J connectivity index is 1.52. The summed E-state index contributed by atoms with van der Waals surface area (Å²) in [6.45, 7) is 0. The van der Waals surface area contributed by atoms with E-state index >= 15 is 0 Å². The van der Waals surface area contributed by atoms with E-state index in [1.807, 2.05) is 24.3 Å². The average Bonchev–Trinajstić information content (AvgIpc) is 3.21. The Morgan fingerprint density at radius 3 is 2.43 bits per heavy atom. The lowest BCUT2D eigenvalue weighted by Gasteiger charge is -2.07. The molecule has 0 spiro atoms. The molecule has 0 aliphatic carbocycles. The number of fused-ring (bicyclic) bond motifs is 1. The van der Waals surface area contributed by atoms with Crippen molar-refractivity contribution in [2.45, 2.75) is 0 Å².